The number of carbonyl (C=O) groups is 1. The maximum absolute atomic E-state index is 13.3. The van der Waals surface area contributed by atoms with Crippen molar-refractivity contribution >= 4 is 17.3 Å². The van der Waals surface area contributed by atoms with Crippen molar-refractivity contribution < 1.29 is 13.6 Å². The first-order chi connectivity index (χ1) is 8.97. The van der Waals surface area contributed by atoms with Crippen LogP contribution in [0, 0.1) is 18.6 Å². The number of halogens is 2. The predicted octanol–water partition coefficient (Wildman–Crippen LogP) is 3.11. The first-order valence-corrected chi connectivity index (χ1v) is 5.60. The third-order valence-corrected chi connectivity index (χ3v) is 2.69. The molecular weight excluding hydrogens is 250 g/mol. The van der Waals surface area contributed by atoms with E-state index in [-0.39, 0.29) is 16.9 Å². The normalized spacial score (nSPS) is 10.3. The number of amides is 1. The van der Waals surface area contributed by atoms with Crippen molar-refractivity contribution in [3.63, 3.8) is 0 Å². The molecule has 0 spiro atoms. The summed E-state index contributed by atoms with van der Waals surface area (Å²) >= 11 is 0. The van der Waals surface area contributed by atoms with Crippen molar-refractivity contribution in [1.82, 2.24) is 0 Å². The van der Waals surface area contributed by atoms with Gasteiger partial charge in [-0.2, -0.15) is 0 Å². The molecule has 0 unspecified atom stereocenters. The molecule has 0 aliphatic heterocycles. The molecule has 0 saturated heterocycles. The summed E-state index contributed by atoms with van der Waals surface area (Å²) in [6, 6.07) is 8.08. The summed E-state index contributed by atoms with van der Waals surface area (Å²) in [6.45, 7) is 1.60. The molecule has 19 heavy (non-hydrogen) atoms. The lowest BCUT2D eigenvalue weighted by molar-refractivity contribution is 0.102. The molecule has 2 aromatic rings. The van der Waals surface area contributed by atoms with Crippen molar-refractivity contribution in [3.8, 4) is 0 Å². The van der Waals surface area contributed by atoms with E-state index in [2.05, 4.69) is 5.32 Å². The number of hydrogen-bond acceptors (Lipinski definition) is 2. The van der Waals surface area contributed by atoms with E-state index in [1.807, 2.05) is 0 Å². The van der Waals surface area contributed by atoms with Crippen molar-refractivity contribution in [2.45, 2.75) is 6.92 Å². The lowest BCUT2D eigenvalue weighted by Crippen LogP contribution is -2.12. The second-order valence-corrected chi connectivity index (χ2v) is 4.15. The fourth-order valence-corrected chi connectivity index (χ4v) is 1.54. The van der Waals surface area contributed by atoms with Gasteiger partial charge in [-0.05, 0) is 42.8 Å². The zero-order chi connectivity index (χ0) is 14.0. The van der Waals surface area contributed by atoms with E-state index in [0.29, 0.717) is 5.56 Å². The minimum Gasteiger partial charge on any atom is -0.396 e. The predicted molar refractivity (Wildman–Crippen MR) is 69.9 cm³/mol. The van der Waals surface area contributed by atoms with Gasteiger partial charge < -0.3 is 11.1 Å². The highest BCUT2D eigenvalue weighted by Gasteiger charge is 2.09. The molecule has 0 heterocycles. The van der Waals surface area contributed by atoms with E-state index in [1.54, 1.807) is 6.92 Å². The van der Waals surface area contributed by atoms with Crippen LogP contribution in [0.15, 0.2) is 36.4 Å². The quantitative estimate of drug-likeness (QED) is 0.817. The molecule has 2 aromatic carbocycles. The highest BCUT2D eigenvalue weighted by molar-refractivity contribution is 6.04. The highest BCUT2D eigenvalue weighted by atomic mass is 19.1. The molecule has 0 aliphatic rings. The second-order valence-electron chi connectivity index (χ2n) is 4.15. The van der Waals surface area contributed by atoms with Gasteiger partial charge in [0.05, 0.1) is 5.69 Å². The molecule has 0 atom stereocenters. The van der Waals surface area contributed by atoms with Crippen LogP contribution in [0.1, 0.15) is 15.9 Å². The third kappa shape index (κ3) is 2.88. The van der Waals surface area contributed by atoms with Crippen LogP contribution < -0.4 is 11.1 Å². The van der Waals surface area contributed by atoms with Crippen molar-refractivity contribution in [3.05, 3.63) is 59.2 Å². The standard InChI is InChI=1S/C14H12F2N2O/c1-8-2-3-9(6-11(8)15)14(19)18-10-4-5-13(17)12(16)7-10/h2-7H,17H2,1H3,(H,18,19). The molecule has 2 rings (SSSR count). The monoisotopic (exact) mass is 262 g/mol. The summed E-state index contributed by atoms with van der Waals surface area (Å²) in [5.41, 5.74) is 6.21. The maximum atomic E-state index is 13.3. The van der Waals surface area contributed by atoms with Crippen LogP contribution >= 0.6 is 0 Å². The fourth-order valence-electron chi connectivity index (χ4n) is 1.54. The number of carbonyl (C=O) groups excluding carboxylic acids is 1. The molecule has 0 bridgehead atoms. The first kappa shape index (κ1) is 13.0. The van der Waals surface area contributed by atoms with E-state index in [4.69, 9.17) is 5.73 Å². The van der Waals surface area contributed by atoms with Crippen LogP contribution in [0.25, 0.3) is 0 Å². The van der Waals surface area contributed by atoms with E-state index in [0.717, 1.165) is 12.1 Å². The van der Waals surface area contributed by atoms with Gasteiger partial charge in [-0.1, -0.05) is 6.07 Å². The molecule has 3 N–H and O–H groups in total. The number of rotatable bonds is 2. The Morgan fingerprint density at radius 1 is 1.11 bits per heavy atom. The van der Waals surface area contributed by atoms with Crippen LogP contribution in [0.5, 0.6) is 0 Å². The molecule has 1 amide bonds. The van der Waals surface area contributed by atoms with Crippen molar-refractivity contribution in [2.75, 3.05) is 11.1 Å². The van der Waals surface area contributed by atoms with Gasteiger partial charge in [0.25, 0.3) is 5.91 Å². The second kappa shape index (κ2) is 5.06. The van der Waals surface area contributed by atoms with Gasteiger partial charge in [0.2, 0.25) is 0 Å². The van der Waals surface area contributed by atoms with Gasteiger partial charge in [0.1, 0.15) is 11.6 Å². The van der Waals surface area contributed by atoms with E-state index in [1.165, 1.54) is 24.3 Å². The molecule has 0 aliphatic carbocycles. The number of hydrogen-bond donors (Lipinski definition) is 2. The maximum Gasteiger partial charge on any atom is 0.255 e. The third-order valence-electron chi connectivity index (χ3n) is 2.69. The number of nitrogen functional groups attached to an aromatic ring is 1. The van der Waals surface area contributed by atoms with Gasteiger partial charge in [-0.3, -0.25) is 4.79 Å². The summed E-state index contributed by atoms with van der Waals surface area (Å²) in [6.07, 6.45) is 0. The van der Waals surface area contributed by atoms with Crippen molar-refractivity contribution in [1.29, 1.82) is 0 Å². The summed E-state index contributed by atoms with van der Waals surface area (Å²) in [5.74, 6) is -1.59. The van der Waals surface area contributed by atoms with Crippen LogP contribution in [0.4, 0.5) is 20.2 Å². The molecule has 0 saturated carbocycles. The lowest BCUT2D eigenvalue weighted by Gasteiger charge is -2.07. The molecule has 0 aromatic heterocycles. The van der Waals surface area contributed by atoms with Gasteiger partial charge in [-0.25, -0.2) is 8.78 Å². The van der Waals surface area contributed by atoms with E-state index >= 15 is 0 Å². The van der Waals surface area contributed by atoms with Gasteiger partial charge >= 0.3 is 0 Å². The number of benzene rings is 2. The summed E-state index contributed by atoms with van der Waals surface area (Å²) in [7, 11) is 0. The molecule has 0 radical (unpaired) electrons. The van der Waals surface area contributed by atoms with Crippen molar-refractivity contribution in [2.24, 2.45) is 0 Å². The molecule has 5 heteroatoms. The average molecular weight is 262 g/mol. The number of anilines is 2. The highest BCUT2D eigenvalue weighted by Crippen LogP contribution is 2.17. The van der Waals surface area contributed by atoms with Crippen LogP contribution in [-0.2, 0) is 0 Å². The lowest BCUT2D eigenvalue weighted by atomic mass is 10.1. The topological polar surface area (TPSA) is 55.1 Å². The molecule has 0 fully saturated rings. The summed E-state index contributed by atoms with van der Waals surface area (Å²) in [5, 5.41) is 2.47. The van der Waals surface area contributed by atoms with E-state index in [9.17, 15) is 13.6 Å². The Bertz CT molecular complexity index is 641. The Labute approximate surface area is 109 Å². The zero-order valence-electron chi connectivity index (χ0n) is 10.2. The fraction of sp³-hybridized carbons (Fsp3) is 0.0714. The first-order valence-electron chi connectivity index (χ1n) is 5.60. The number of aryl methyl sites for hydroxylation is 1. The van der Waals surface area contributed by atoms with Crippen LogP contribution in [0.3, 0.4) is 0 Å². The number of nitrogens with one attached hydrogen (secondary N) is 1. The molecule has 98 valence electrons. The minimum absolute atomic E-state index is 0.000575. The molecule has 3 nitrogen and oxygen atoms in total. The van der Waals surface area contributed by atoms with Gasteiger partial charge in [0, 0.05) is 11.3 Å². The Balaban J connectivity index is 2.20. The summed E-state index contributed by atoms with van der Waals surface area (Å²) < 4.78 is 26.6. The van der Waals surface area contributed by atoms with Crippen LogP contribution in [-0.4, -0.2) is 5.91 Å². The summed E-state index contributed by atoms with van der Waals surface area (Å²) in [4.78, 5) is 11.8. The van der Waals surface area contributed by atoms with Crippen LogP contribution in [0.2, 0.25) is 0 Å². The smallest absolute Gasteiger partial charge is 0.255 e. The minimum atomic E-state index is -0.618. The Morgan fingerprint density at radius 2 is 1.84 bits per heavy atom. The zero-order valence-corrected chi connectivity index (χ0v) is 10.2. The Hall–Kier alpha value is -2.43. The average Bonchev–Trinajstić information content (AvgIpc) is 2.37. The van der Waals surface area contributed by atoms with E-state index < -0.39 is 17.5 Å². The Morgan fingerprint density at radius 3 is 2.47 bits per heavy atom. The largest absolute Gasteiger partial charge is 0.396 e. The van der Waals surface area contributed by atoms with Gasteiger partial charge in [0.15, 0.2) is 0 Å². The molecular formula is C14H12F2N2O. The Kier molecular flexibility index (Phi) is 3.46. The SMILES string of the molecule is Cc1ccc(C(=O)Nc2ccc(N)c(F)c2)cc1F. The van der Waals surface area contributed by atoms with Gasteiger partial charge in [-0.15, -0.1) is 0 Å². The number of nitrogens with two attached hydrogens (primary N) is 1.